The van der Waals surface area contributed by atoms with E-state index in [0.717, 1.165) is 0 Å². The number of hydrogen-bond acceptors (Lipinski definition) is 6. The normalized spacial score (nSPS) is 14.4. The van der Waals surface area contributed by atoms with Gasteiger partial charge in [0.05, 0.1) is 22.0 Å². The number of para-hydroxylation sites is 1. The number of primary sulfonamides is 1. The van der Waals surface area contributed by atoms with E-state index in [1.807, 2.05) is 6.07 Å². The van der Waals surface area contributed by atoms with Crippen molar-refractivity contribution in [1.29, 1.82) is 0 Å². The van der Waals surface area contributed by atoms with Gasteiger partial charge in [0.1, 0.15) is 5.71 Å². The van der Waals surface area contributed by atoms with Crippen LogP contribution in [0.5, 0.6) is 0 Å². The van der Waals surface area contributed by atoms with Crippen molar-refractivity contribution >= 4 is 44.6 Å². The van der Waals surface area contributed by atoms with E-state index in [1.54, 1.807) is 49.3 Å². The third-order valence-electron chi connectivity index (χ3n) is 4.32. The van der Waals surface area contributed by atoms with E-state index in [4.69, 9.17) is 5.14 Å². The van der Waals surface area contributed by atoms with Crippen LogP contribution in [0.4, 0.5) is 17.1 Å². The Morgan fingerprint density at radius 1 is 1.14 bits per heavy atom. The first-order chi connectivity index (χ1) is 13.7. The van der Waals surface area contributed by atoms with Gasteiger partial charge in [-0.15, -0.1) is 0 Å². The Bertz CT molecular complexity index is 1080. The maximum atomic E-state index is 12.8. The first kappa shape index (κ1) is 20.5. The van der Waals surface area contributed by atoms with E-state index in [1.165, 1.54) is 17.1 Å². The van der Waals surface area contributed by atoms with E-state index < -0.39 is 15.9 Å². The van der Waals surface area contributed by atoms with Crippen molar-refractivity contribution in [3.05, 3.63) is 48.5 Å². The van der Waals surface area contributed by atoms with Crippen molar-refractivity contribution < 1.29 is 18.0 Å². The van der Waals surface area contributed by atoms with Crippen LogP contribution < -0.4 is 20.4 Å². The Labute approximate surface area is 168 Å². The van der Waals surface area contributed by atoms with Gasteiger partial charge in [0.25, 0.3) is 5.91 Å². The predicted octanol–water partition coefficient (Wildman–Crippen LogP) is 1.52. The smallest absolute Gasteiger partial charge is 0.271 e. The Kier molecular flexibility index (Phi) is 5.66. The lowest BCUT2D eigenvalue weighted by Gasteiger charge is -2.24. The number of carbonyl (C=O) groups is 2. The lowest BCUT2D eigenvalue weighted by molar-refractivity contribution is -0.118. The van der Waals surface area contributed by atoms with Crippen LogP contribution in [0.1, 0.15) is 12.8 Å². The first-order valence-electron chi connectivity index (χ1n) is 8.78. The Morgan fingerprint density at radius 2 is 1.83 bits per heavy atom. The molecule has 1 aliphatic heterocycles. The van der Waals surface area contributed by atoms with Crippen molar-refractivity contribution in [3.8, 4) is 0 Å². The number of anilines is 3. The fourth-order valence-corrected chi connectivity index (χ4v) is 3.40. The lowest BCUT2D eigenvalue weighted by atomic mass is 10.1. The molecule has 2 aromatic carbocycles. The van der Waals surface area contributed by atoms with Gasteiger partial charge in [0.2, 0.25) is 15.9 Å². The summed E-state index contributed by atoms with van der Waals surface area (Å²) >= 11 is 0. The molecule has 3 rings (SSSR count). The summed E-state index contributed by atoms with van der Waals surface area (Å²) in [6.07, 6.45) is 0.319. The first-order valence-corrected chi connectivity index (χ1v) is 10.3. The lowest BCUT2D eigenvalue weighted by Crippen LogP contribution is -2.36. The van der Waals surface area contributed by atoms with Crippen molar-refractivity contribution in [2.24, 2.45) is 10.2 Å². The quantitative estimate of drug-likeness (QED) is 0.766. The molecule has 9 nitrogen and oxygen atoms in total. The van der Waals surface area contributed by atoms with Crippen LogP contribution in [0.15, 0.2) is 58.5 Å². The van der Waals surface area contributed by atoms with E-state index >= 15 is 0 Å². The third-order valence-corrected chi connectivity index (χ3v) is 5.23. The zero-order chi connectivity index (χ0) is 21.2. The van der Waals surface area contributed by atoms with Crippen LogP contribution in [-0.4, -0.2) is 40.0 Å². The molecule has 0 bridgehead atoms. The standard InChI is InChI=1S/C19H21N5O4S/c1-23(2)17-10-8-14(29(20,27)28)12-16(17)21-19(26)15-9-11-18(25)24(22-15)13-6-4-3-5-7-13/h3-8,10,12H,9,11H2,1-2H3,(H,21,26)(H2,20,27,28). The van der Waals surface area contributed by atoms with E-state index in [-0.39, 0.29) is 35.0 Å². The molecule has 10 heteroatoms. The molecule has 3 N–H and O–H groups in total. The molecule has 1 aliphatic rings. The summed E-state index contributed by atoms with van der Waals surface area (Å²) in [5, 5.41) is 13.3. The molecule has 2 aromatic rings. The second kappa shape index (κ2) is 8.02. The number of nitrogens with one attached hydrogen (secondary N) is 1. The van der Waals surface area contributed by atoms with E-state index in [0.29, 0.717) is 11.4 Å². The molecule has 0 spiro atoms. The van der Waals surface area contributed by atoms with Gasteiger partial charge in [-0.3, -0.25) is 9.59 Å². The largest absolute Gasteiger partial charge is 0.376 e. The molecular weight excluding hydrogens is 394 g/mol. The van der Waals surface area contributed by atoms with Crippen molar-refractivity contribution in [2.45, 2.75) is 17.7 Å². The SMILES string of the molecule is CN(C)c1ccc(S(N)(=O)=O)cc1NC(=O)C1=NN(c2ccccc2)C(=O)CC1. The number of rotatable bonds is 5. The minimum Gasteiger partial charge on any atom is -0.376 e. The van der Waals surface area contributed by atoms with Crippen LogP contribution in [0.25, 0.3) is 0 Å². The molecule has 29 heavy (non-hydrogen) atoms. The number of nitrogens with zero attached hydrogens (tertiary/aromatic N) is 3. The second-order valence-electron chi connectivity index (χ2n) is 6.66. The highest BCUT2D eigenvalue weighted by atomic mass is 32.2. The summed E-state index contributed by atoms with van der Waals surface area (Å²) < 4.78 is 23.3. The maximum Gasteiger partial charge on any atom is 0.271 e. The molecule has 0 aromatic heterocycles. The molecule has 0 aliphatic carbocycles. The summed E-state index contributed by atoms with van der Waals surface area (Å²) in [7, 11) is -0.415. The van der Waals surface area contributed by atoms with E-state index in [2.05, 4.69) is 10.4 Å². The summed E-state index contributed by atoms with van der Waals surface area (Å²) in [5.41, 5.74) is 1.60. The Morgan fingerprint density at radius 3 is 2.45 bits per heavy atom. The van der Waals surface area contributed by atoms with Crippen molar-refractivity contribution in [3.63, 3.8) is 0 Å². The number of hydrazone groups is 1. The zero-order valence-electron chi connectivity index (χ0n) is 16.0. The second-order valence-corrected chi connectivity index (χ2v) is 8.22. The summed E-state index contributed by atoms with van der Waals surface area (Å²) in [6, 6.07) is 13.0. The monoisotopic (exact) mass is 415 g/mol. The van der Waals surface area contributed by atoms with Gasteiger partial charge in [0.15, 0.2) is 0 Å². The molecule has 0 unspecified atom stereocenters. The van der Waals surface area contributed by atoms with Crippen LogP contribution in [0.3, 0.4) is 0 Å². The van der Waals surface area contributed by atoms with Crippen LogP contribution in [-0.2, 0) is 19.6 Å². The Balaban J connectivity index is 1.92. The number of carbonyl (C=O) groups excluding carboxylic acids is 2. The van der Waals surface area contributed by atoms with Gasteiger partial charge in [-0.1, -0.05) is 18.2 Å². The zero-order valence-corrected chi connectivity index (χ0v) is 16.8. The highest BCUT2D eigenvalue weighted by molar-refractivity contribution is 7.89. The van der Waals surface area contributed by atoms with Crippen LogP contribution in [0, 0.1) is 0 Å². The molecule has 1 heterocycles. The van der Waals surface area contributed by atoms with Crippen LogP contribution >= 0.6 is 0 Å². The van der Waals surface area contributed by atoms with Gasteiger partial charge >= 0.3 is 0 Å². The minimum absolute atomic E-state index is 0.120. The summed E-state index contributed by atoms with van der Waals surface area (Å²) in [6.45, 7) is 0. The number of nitrogens with two attached hydrogens (primary N) is 1. The molecule has 0 radical (unpaired) electrons. The summed E-state index contributed by atoms with van der Waals surface area (Å²) in [4.78, 5) is 26.6. The molecule has 0 fully saturated rings. The molecular formula is C19H21N5O4S. The van der Waals surface area contributed by atoms with Gasteiger partial charge in [-0.2, -0.15) is 5.10 Å². The minimum atomic E-state index is -3.93. The highest BCUT2D eigenvalue weighted by Crippen LogP contribution is 2.28. The Hall–Kier alpha value is -3.24. The van der Waals surface area contributed by atoms with Gasteiger partial charge < -0.3 is 10.2 Å². The molecule has 152 valence electrons. The number of benzene rings is 2. The topological polar surface area (TPSA) is 125 Å². The third kappa shape index (κ3) is 4.61. The van der Waals surface area contributed by atoms with Gasteiger partial charge in [0, 0.05) is 26.9 Å². The average Bonchev–Trinajstić information content (AvgIpc) is 2.68. The van der Waals surface area contributed by atoms with Gasteiger partial charge in [-0.25, -0.2) is 18.6 Å². The predicted molar refractivity (Wildman–Crippen MR) is 111 cm³/mol. The summed E-state index contributed by atoms with van der Waals surface area (Å²) in [5.74, 6) is -0.731. The van der Waals surface area contributed by atoms with Crippen LogP contribution in [0.2, 0.25) is 0 Å². The molecule has 0 atom stereocenters. The van der Waals surface area contributed by atoms with Crippen molar-refractivity contribution in [1.82, 2.24) is 0 Å². The van der Waals surface area contributed by atoms with Crippen molar-refractivity contribution in [2.75, 3.05) is 29.3 Å². The van der Waals surface area contributed by atoms with Gasteiger partial charge in [-0.05, 0) is 30.3 Å². The fraction of sp³-hybridized carbons (Fsp3) is 0.211. The molecule has 0 saturated carbocycles. The number of sulfonamides is 1. The number of hydrogen-bond donors (Lipinski definition) is 2. The van der Waals surface area contributed by atoms with E-state index in [9.17, 15) is 18.0 Å². The highest BCUT2D eigenvalue weighted by Gasteiger charge is 2.26. The average molecular weight is 415 g/mol. The maximum absolute atomic E-state index is 12.8. The fourth-order valence-electron chi connectivity index (χ4n) is 2.86. The molecule has 2 amide bonds. The number of amides is 2. The molecule has 0 saturated heterocycles.